The number of carbonyl (C=O) groups is 3. The minimum Gasteiger partial charge on any atom is -0.504 e. The Balaban J connectivity index is 1.52. The van der Waals surface area contributed by atoms with Crippen molar-refractivity contribution >= 4 is 29.4 Å². The number of nitriles is 1. The van der Waals surface area contributed by atoms with Crippen LogP contribution < -0.4 is 29.6 Å². The van der Waals surface area contributed by atoms with Crippen LogP contribution in [0.1, 0.15) is 65.7 Å². The van der Waals surface area contributed by atoms with Crippen molar-refractivity contribution in [1.29, 1.82) is 5.26 Å². The van der Waals surface area contributed by atoms with Crippen LogP contribution in [0, 0.1) is 25.2 Å². The molecular formula is C34H40ClN5O8. The molecule has 0 aliphatic carbocycles. The van der Waals surface area contributed by atoms with E-state index in [1.807, 2.05) is 20.0 Å². The van der Waals surface area contributed by atoms with Crippen molar-refractivity contribution in [3.63, 3.8) is 0 Å². The van der Waals surface area contributed by atoms with Crippen LogP contribution in [-0.4, -0.2) is 90.2 Å². The second-order valence-corrected chi connectivity index (χ2v) is 13.2. The van der Waals surface area contributed by atoms with Crippen molar-refractivity contribution < 1.29 is 38.4 Å². The molecule has 48 heavy (non-hydrogen) atoms. The van der Waals surface area contributed by atoms with Crippen molar-refractivity contribution in [2.24, 2.45) is 0 Å². The molecule has 3 unspecified atom stereocenters. The van der Waals surface area contributed by atoms with Gasteiger partial charge in [0.05, 0.1) is 25.3 Å². The molecule has 6 atom stereocenters. The van der Waals surface area contributed by atoms with Crippen LogP contribution >= 0.6 is 11.6 Å². The molecular weight excluding hydrogens is 642 g/mol. The van der Waals surface area contributed by atoms with Crippen LogP contribution in [0.15, 0.2) is 6.07 Å². The van der Waals surface area contributed by atoms with E-state index in [4.69, 9.17) is 30.5 Å². The number of rotatable bonds is 8. The smallest absolute Gasteiger partial charge is 0.308 e. The highest BCUT2D eigenvalue weighted by Gasteiger charge is 2.57. The number of esters is 1. The van der Waals surface area contributed by atoms with Gasteiger partial charge in [-0.05, 0) is 51.8 Å². The Morgan fingerprint density at radius 2 is 1.90 bits per heavy atom. The van der Waals surface area contributed by atoms with E-state index in [0.29, 0.717) is 52.5 Å². The van der Waals surface area contributed by atoms with Crippen LogP contribution in [-0.2, 0) is 27.2 Å². The molecule has 0 aromatic heterocycles. The van der Waals surface area contributed by atoms with Crippen molar-refractivity contribution in [3.8, 4) is 34.8 Å². The third kappa shape index (κ3) is 5.36. The van der Waals surface area contributed by atoms with Gasteiger partial charge in [0.25, 0.3) is 0 Å². The van der Waals surface area contributed by atoms with E-state index in [-0.39, 0.29) is 43.3 Å². The maximum Gasteiger partial charge on any atom is 0.308 e. The number of piperazine rings is 1. The van der Waals surface area contributed by atoms with E-state index < -0.39 is 42.1 Å². The molecule has 4 aliphatic rings. The first-order valence-corrected chi connectivity index (χ1v) is 16.5. The van der Waals surface area contributed by atoms with Gasteiger partial charge in [-0.1, -0.05) is 6.07 Å². The molecule has 2 bridgehead atoms. The number of phenols is 1. The van der Waals surface area contributed by atoms with E-state index in [9.17, 15) is 24.8 Å². The van der Waals surface area contributed by atoms with Gasteiger partial charge < -0.3 is 34.7 Å². The number of ether oxygens (including phenoxy) is 4. The number of methoxy groups -OCH3 is 1. The summed E-state index contributed by atoms with van der Waals surface area (Å²) < 4.78 is 23.4. The Bertz CT molecular complexity index is 1730. The predicted octanol–water partition coefficient (Wildman–Crippen LogP) is 2.69. The van der Waals surface area contributed by atoms with E-state index in [1.165, 1.54) is 14.0 Å². The molecule has 0 radical (unpaired) electrons. The van der Waals surface area contributed by atoms with E-state index in [1.54, 1.807) is 13.8 Å². The Hall–Kier alpha value is -4.25. The number of aryl methyl sites for hydroxylation is 1. The number of carbonyl (C=O) groups excluding carboxylic acids is 3. The van der Waals surface area contributed by atoms with Gasteiger partial charge in [-0.15, -0.1) is 11.6 Å². The Labute approximate surface area is 284 Å². The summed E-state index contributed by atoms with van der Waals surface area (Å²) in [5.41, 5.74) is 4.42. The summed E-state index contributed by atoms with van der Waals surface area (Å²) in [6, 6.07) is 1.39. The van der Waals surface area contributed by atoms with Crippen LogP contribution in [0.5, 0.6) is 28.7 Å². The standard InChI is InChI=1S/C34H40ClN5O8/c1-15-9-19-10-21-23(12-36)40-22(28(39(21)5)26(19)29(43)30(15)45-6)11-20-27(24(40)13-37-34(44)17(3)38-25(42)7-8-35)33-32(46-14-47-33)16(2)31(20)48-18(4)41/h9,17,21-24,28,43H,7-8,10-11,13-14H2,1-6H3,(H,37,44)(H,38,42)/t17-,21+,22?,23?,24-,28?/m0/s1. The summed E-state index contributed by atoms with van der Waals surface area (Å²) >= 11 is 5.71. The quantitative estimate of drug-likeness (QED) is 0.213. The zero-order chi connectivity index (χ0) is 34.6. The molecule has 256 valence electrons. The van der Waals surface area contributed by atoms with Gasteiger partial charge in [0.15, 0.2) is 23.0 Å². The fraction of sp³-hybridized carbons (Fsp3) is 0.529. The Kier molecular flexibility index (Phi) is 9.10. The first-order valence-electron chi connectivity index (χ1n) is 16.0. The zero-order valence-corrected chi connectivity index (χ0v) is 28.6. The highest BCUT2D eigenvalue weighted by Crippen LogP contribution is 2.58. The number of nitrogens with zero attached hydrogens (tertiary/aromatic N) is 3. The summed E-state index contributed by atoms with van der Waals surface area (Å²) in [5.74, 6) is 0.549. The van der Waals surface area contributed by atoms with E-state index >= 15 is 0 Å². The van der Waals surface area contributed by atoms with Gasteiger partial charge in [-0.25, -0.2) is 0 Å². The van der Waals surface area contributed by atoms with Crippen LogP contribution in [0.4, 0.5) is 0 Å². The normalized spacial score (nSPS) is 24.3. The molecule has 1 saturated heterocycles. The van der Waals surface area contributed by atoms with E-state index in [0.717, 1.165) is 16.7 Å². The third-order valence-electron chi connectivity index (χ3n) is 10.1. The SMILES string of the molecule is COc1c(C)cc2c(c1O)C1C3Cc4c(OC(C)=O)c(C)c5c(c4[C@H](CNC(=O)[C@H](C)NC(=O)CCCl)N3C(C#N)[C@@H](C2)N1C)OCO5. The average molecular weight is 682 g/mol. The number of phenolic OH excluding ortho intramolecular Hbond substituents is 1. The van der Waals surface area contributed by atoms with Crippen molar-refractivity contribution in [2.75, 3.05) is 33.4 Å². The third-order valence-corrected chi connectivity index (χ3v) is 10.3. The summed E-state index contributed by atoms with van der Waals surface area (Å²) in [7, 11) is 3.48. The Morgan fingerprint density at radius 1 is 1.17 bits per heavy atom. The first kappa shape index (κ1) is 33.6. The number of fused-ring (bicyclic) bond motifs is 9. The number of aromatic hydroxyl groups is 1. The largest absolute Gasteiger partial charge is 0.504 e. The number of hydrogen-bond donors (Lipinski definition) is 3. The molecule has 0 saturated carbocycles. The second-order valence-electron chi connectivity index (χ2n) is 12.8. The number of halogens is 1. The number of hydrogen-bond acceptors (Lipinski definition) is 11. The number of nitrogens with one attached hydrogen (secondary N) is 2. The maximum atomic E-state index is 13.4. The fourth-order valence-electron chi connectivity index (χ4n) is 8.13. The molecule has 4 aliphatic heterocycles. The lowest BCUT2D eigenvalue weighted by Crippen LogP contribution is -2.69. The number of amides is 2. The minimum absolute atomic E-state index is 0.0355. The zero-order valence-electron chi connectivity index (χ0n) is 27.8. The minimum atomic E-state index is -0.849. The lowest BCUT2D eigenvalue weighted by molar-refractivity contribution is -0.132. The summed E-state index contributed by atoms with van der Waals surface area (Å²) in [6.07, 6.45) is 0.910. The molecule has 6 rings (SSSR count). The molecule has 0 spiro atoms. The average Bonchev–Trinajstić information content (AvgIpc) is 3.52. The molecule has 2 aromatic rings. The summed E-state index contributed by atoms with van der Waals surface area (Å²) in [6.45, 7) is 6.59. The van der Waals surface area contributed by atoms with Gasteiger partial charge in [-0.3, -0.25) is 24.2 Å². The second kappa shape index (κ2) is 13.0. The Morgan fingerprint density at radius 3 is 2.56 bits per heavy atom. The molecule has 4 heterocycles. The number of benzene rings is 2. The molecule has 2 aromatic carbocycles. The summed E-state index contributed by atoms with van der Waals surface area (Å²) in [4.78, 5) is 42.3. The molecule has 1 fully saturated rings. The van der Waals surface area contributed by atoms with E-state index in [2.05, 4.69) is 26.5 Å². The van der Waals surface area contributed by atoms with Gasteiger partial charge in [0, 0.05) is 60.1 Å². The summed E-state index contributed by atoms with van der Waals surface area (Å²) in [5, 5.41) is 28.2. The highest BCUT2D eigenvalue weighted by atomic mass is 35.5. The van der Waals surface area contributed by atoms with Crippen LogP contribution in [0.25, 0.3) is 0 Å². The topological polar surface area (TPSA) is 163 Å². The van der Waals surface area contributed by atoms with Crippen molar-refractivity contribution in [3.05, 3.63) is 39.4 Å². The molecule has 3 N–H and O–H groups in total. The first-order chi connectivity index (χ1) is 22.9. The lowest BCUT2D eigenvalue weighted by Gasteiger charge is -2.60. The van der Waals surface area contributed by atoms with Gasteiger partial charge >= 0.3 is 5.97 Å². The van der Waals surface area contributed by atoms with Crippen LogP contribution in [0.2, 0.25) is 0 Å². The monoisotopic (exact) mass is 681 g/mol. The van der Waals surface area contributed by atoms with Crippen LogP contribution in [0.3, 0.4) is 0 Å². The number of alkyl halides is 1. The lowest BCUT2D eigenvalue weighted by atomic mass is 9.71. The van der Waals surface area contributed by atoms with Gasteiger partial charge in [0.1, 0.15) is 17.8 Å². The van der Waals surface area contributed by atoms with Crippen molar-refractivity contribution in [1.82, 2.24) is 20.4 Å². The predicted molar refractivity (Wildman–Crippen MR) is 173 cm³/mol. The molecule has 14 heteroatoms. The molecule has 2 amide bonds. The highest BCUT2D eigenvalue weighted by molar-refractivity contribution is 6.19. The fourth-order valence-corrected chi connectivity index (χ4v) is 8.30. The van der Waals surface area contributed by atoms with Gasteiger partial charge in [-0.2, -0.15) is 5.26 Å². The number of likely N-dealkylation sites (N-methyl/N-ethyl adjacent to an activating group) is 1. The van der Waals surface area contributed by atoms with Crippen molar-refractivity contribution in [2.45, 2.75) is 83.2 Å². The molecule has 13 nitrogen and oxygen atoms in total. The maximum absolute atomic E-state index is 13.4. The van der Waals surface area contributed by atoms with Gasteiger partial charge in [0.2, 0.25) is 18.6 Å².